The van der Waals surface area contributed by atoms with E-state index in [0.717, 1.165) is 12.8 Å². The van der Waals surface area contributed by atoms with Crippen LogP contribution in [-0.4, -0.2) is 6.04 Å². The van der Waals surface area contributed by atoms with Gasteiger partial charge in [-0.3, -0.25) is 0 Å². The van der Waals surface area contributed by atoms with Crippen LogP contribution in [-0.2, 0) is 6.42 Å². The van der Waals surface area contributed by atoms with Crippen LogP contribution in [0.3, 0.4) is 0 Å². The first-order valence-corrected chi connectivity index (χ1v) is 9.02. The van der Waals surface area contributed by atoms with Crippen molar-refractivity contribution in [1.29, 1.82) is 0 Å². The van der Waals surface area contributed by atoms with Crippen LogP contribution in [0.1, 0.15) is 77.2 Å². The van der Waals surface area contributed by atoms with Gasteiger partial charge < -0.3 is 5.73 Å². The lowest BCUT2D eigenvalue weighted by molar-refractivity contribution is 0.428. The second-order valence-corrected chi connectivity index (χ2v) is 6.70. The molecule has 1 aromatic rings. The van der Waals surface area contributed by atoms with Gasteiger partial charge in [0.25, 0.3) is 0 Å². The van der Waals surface area contributed by atoms with Crippen molar-refractivity contribution in [2.75, 3.05) is 0 Å². The Morgan fingerprint density at radius 3 is 2.19 bits per heavy atom. The smallest absolute Gasteiger partial charge is 0.00414 e. The van der Waals surface area contributed by atoms with Crippen molar-refractivity contribution in [2.24, 2.45) is 11.7 Å². The van der Waals surface area contributed by atoms with E-state index in [4.69, 9.17) is 5.73 Å². The summed E-state index contributed by atoms with van der Waals surface area (Å²) in [6.07, 6.45) is 13.1. The van der Waals surface area contributed by atoms with Crippen LogP contribution in [0.2, 0.25) is 0 Å². The first-order chi connectivity index (χ1) is 10.2. The molecular formula is C20H35N. The predicted octanol–water partition coefficient (Wildman–Crippen LogP) is 5.72. The van der Waals surface area contributed by atoms with Crippen LogP contribution < -0.4 is 5.73 Å². The van der Waals surface area contributed by atoms with Crippen molar-refractivity contribution in [1.82, 2.24) is 0 Å². The largest absolute Gasteiger partial charge is 0.328 e. The maximum absolute atomic E-state index is 6.29. The average molecular weight is 290 g/mol. The Morgan fingerprint density at radius 1 is 0.905 bits per heavy atom. The van der Waals surface area contributed by atoms with Gasteiger partial charge >= 0.3 is 0 Å². The Bertz CT molecular complexity index is 333. The minimum absolute atomic E-state index is 0.388. The zero-order chi connectivity index (χ0) is 15.3. The molecule has 0 bridgehead atoms. The van der Waals surface area contributed by atoms with Gasteiger partial charge in [0.15, 0.2) is 0 Å². The zero-order valence-electron chi connectivity index (χ0n) is 14.2. The summed E-state index contributed by atoms with van der Waals surface area (Å²) in [5.74, 6) is 0.687. The van der Waals surface area contributed by atoms with E-state index >= 15 is 0 Å². The topological polar surface area (TPSA) is 26.0 Å². The fourth-order valence-electron chi connectivity index (χ4n) is 3.10. The second kappa shape index (κ2) is 11.8. The van der Waals surface area contributed by atoms with E-state index in [1.807, 2.05) is 0 Å². The number of unbranched alkanes of at least 4 members (excludes halogenated alkanes) is 6. The fourth-order valence-corrected chi connectivity index (χ4v) is 3.10. The van der Waals surface area contributed by atoms with Gasteiger partial charge in [0.1, 0.15) is 0 Å². The van der Waals surface area contributed by atoms with E-state index in [2.05, 4.69) is 44.2 Å². The summed E-state index contributed by atoms with van der Waals surface area (Å²) in [5.41, 5.74) is 7.73. The molecule has 21 heavy (non-hydrogen) atoms. The normalized spacial score (nSPS) is 14.0. The minimum atomic E-state index is 0.388. The van der Waals surface area contributed by atoms with E-state index in [1.54, 1.807) is 0 Å². The molecule has 0 radical (unpaired) electrons. The molecule has 2 atom stereocenters. The fraction of sp³-hybridized carbons (Fsp3) is 0.700. The van der Waals surface area contributed by atoms with E-state index in [1.165, 1.54) is 56.9 Å². The van der Waals surface area contributed by atoms with Crippen molar-refractivity contribution in [3.05, 3.63) is 35.9 Å². The van der Waals surface area contributed by atoms with E-state index in [-0.39, 0.29) is 0 Å². The molecule has 0 heterocycles. The average Bonchev–Trinajstić information content (AvgIpc) is 2.47. The molecule has 0 spiro atoms. The number of rotatable bonds is 12. The third-order valence-electron chi connectivity index (χ3n) is 4.31. The van der Waals surface area contributed by atoms with Crippen molar-refractivity contribution < 1.29 is 0 Å². The number of hydrogen-bond donors (Lipinski definition) is 1. The zero-order valence-corrected chi connectivity index (χ0v) is 14.2. The molecule has 2 unspecified atom stereocenters. The third kappa shape index (κ3) is 9.68. The lowest BCUT2D eigenvalue weighted by Crippen LogP contribution is -2.23. The molecule has 0 aromatic heterocycles. The van der Waals surface area contributed by atoms with Crippen molar-refractivity contribution in [3.63, 3.8) is 0 Å². The highest BCUT2D eigenvalue weighted by Gasteiger charge is 2.09. The van der Waals surface area contributed by atoms with E-state index in [0.29, 0.717) is 12.0 Å². The molecule has 0 amide bonds. The summed E-state index contributed by atoms with van der Waals surface area (Å²) in [6, 6.07) is 11.2. The van der Waals surface area contributed by atoms with Gasteiger partial charge in [-0.05, 0) is 30.7 Å². The van der Waals surface area contributed by atoms with Crippen molar-refractivity contribution in [2.45, 2.75) is 84.1 Å². The molecule has 0 aliphatic carbocycles. The summed E-state index contributed by atoms with van der Waals surface area (Å²) < 4.78 is 0. The Balaban J connectivity index is 2.03. The van der Waals surface area contributed by atoms with Gasteiger partial charge in [-0.25, -0.2) is 0 Å². The molecule has 1 aromatic carbocycles. The molecule has 1 heteroatoms. The third-order valence-corrected chi connectivity index (χ3v) is 4.31. The highest BCUT2D eigenvalue weighted by Crippen LogP contribution is 2.16. The lowest BCUT2D eigenvalue weighted by atomic mass is 9.92. The summed E-state index contributed by atoms with van der Waals surface area (Å²) in [5, 5.41) is 0. The molecule has 2 N–H and O–H groups in total. The maximum Gasteiger partial charge on any atom is 0.00414 e. The van der Waals surface area contributed by atoms with Crippen LogP contribution >= 0.6 is 0 Å². The van der Waals surface area contributed by atoms with Crippen LogP contribution in [0.25, 0.3) is 0 Å². The van der Waals surface area contributed by atoms with Gasteiger partial charge in [0.2, 0.25) is 0 Å². The Hall–Kier alpha value is -0.820. The predicted molar refractivity (Wildman–Crippen MR) is 94.5 cm³/mol. The lowest BCUT2D eigenvalue weighted by Gasteiger charge is -2.17. The summed E-state index contributed by atoms with van der Waals surface area (Å²) >= 11 is 0. The Kier molecular flexibility index (Phi) is 10.2. The van der Waals surface area contributed by atoms with Crippen LogP contribution in [0.15, 0.2) is 30.3 Å². The van der Waals surface area contributed by atoms with Crippen molar-refractivity contribution >= 4 is 0 Å². The first-order valence-electron chi connectivity index (χ1n) is 9.02. The second-order valence-electron chi connectivity index (χ2n) is 6.70. The molecule has 0 saturated carbocycles. The molecule has 0 saturated heterocycles. The molecule has 0 aliphatic heterocycles. The Morgan fingerprint density at radius 2 is 1.52 bits per heavy atom. The number of benzene rings is 1. The summed E-state index contributed by atoms with van der Waals surface area (Å²) in [7, 11) is 0. The van der Waals surface area contributed by atoms with Crippen LogP contribution in [0, 0.1) is 5.92 Å². The summed E-state index contributed by atoms with van der Waals surface area (Å²) in [4.78, 5) is 0. The molecule has 0 aliphatic rings. The highest BCUT2D eigenvalue weighted by atomic mass is 14.6. The monoisotopic (exact) mass is 289 g/mol. The van der Waals surface area contributed by atoms with Gasteiger partial charge in [0.05, 0.1) is 0 Å². The summed E-state index contributed by atoms with van der Waals surface area (Å²) in [6.45, 7) is 4.60. The molecule has 1 nitrogen and oxygen atoms in total. The van der Waals surface area contributed by atoms with Crippen LogP contribution in [0.4, 0.5) is 0 Å². The minimum Gasteiger partial charge on any atom is -0.328 e. The molecule has 1 rings (SSSR count). The Labute approximate surface area is 132 Å². The maximum atomic E-state index is 6.29. The molecule has 0 fully saturated rings. The van der Waals surface area contributed by atoms with Crippen molar-refractivity contribution in [3.8, 4) is 0 Å². The number of nitrogens with two attached hydrogens (primary N) is 1. The van der Waals surface area contributed by atoms with E-state index < -0.39 is 0 Å². The quantitative estimate of drug-likeness (QED) is 0.489. The SMILES string of the molecule is CCCCCCCCCC(N)CC(C)Cc1ccccc1. The van der Waals surface area contributed by atoms with Gasteiger partial charge in [0, 0.05) is 6.04 Å². The first kappa shape index (κ1) is 18.2. The van der Waals surface area contributed by atoms with Gasteiger partial charge in [-0.1, -0.05) is 89.1 Å². The molecule has 120 valence electrons. The standard InChI is InChI=1S/C20H35N/c1-3-4-5-6-7-8-12-15-20(21)17-18(2)16-19-13-10-9-11-14-19/h9-11,13-14,18,20H,3-8,12,15-17,21H2,1-2H3. The van der Waals surface area contributed by atoms with Gasteiger partial charge in [-0.15, -0.1) is 0 Å². The molecular weight excluding hydrogens is 254 g/mol. The number of hydrogen-bond acceptors (Lipinski definition) is 1. The highest BCUT2D eigenvalue weighted by molar-refractivity contribution is 5.15. The van der Waals surface area contributed by atoms with Gasteiger partial charge in [-0.2, -0.15) is 0 Å². The van der Waals surface area contributed by atoms with Crippen LogP contribution in [0.5, 0.6) is 0 Å². The van der Waals surface area contributed by atoms with E-state index in [9.17, 15) is 0 Å².